The van der Waals surface area contributed by atoms with Gasteiger partial charge in [0.05, 0.1) is 13.0 Å². The van der Waals surface area contributed by atoms with Crippen LogP contribution in [0.15, 0.2) is 30.3 Å². The highest BCUT2D eigenvalue weighted by atomic mass is 16.5. The standard InChI is InChI=1S/C14H22N2O2/c1-2-15-10-6-11-16-14(17)9-12-18-13-7-4-3-5-8-13/h3-5,7-8,15H,2,6,9-12H2,1H3,(H,16,17). The summed E-state index contributed by atoms with van der Waals surface area (Å²) in [5.74, 6) is 0.847. The smallest absolute Gasteiger partial charge is 0.223 e. The van der Waals surface area contributed by atoms with Gasteiger partial charge in [0.1, 0.15) is 5.75 Å². The van der Waals surface area contributed by atoms with Crippen LogP contribution in [0.3, 0.4) is 0 Å². The Kier molecular flexibility index (Phi) is 7.64. The molecule has 2 N–H and O–H groups in total. The predicted molar refractivity (Wildman–Crippen MR) is 72.7 cm³/mol. The van der Waals surface area contributed by atoms with E-state index in [1.165, 1.54) is 0 Å². The van der Waals surface area contributed by atoms with Crippen molar-refractivity contribution in [2.24, 2.45) is 0 Å². The molecule has 0 aliphatic heterocycles. The fourth-order valence-electron chi connectivity index (χ4n) is 1.48. The van der Waals surface area contributed by atoms with E-state index in [0.717, 1.165) is 31.8 Å². The minimum Gasteiger partial charge on any atom is -0.493 e. The van der Waals surface area contributed by atoms with Gasteiger partial charge in [-0.1, -0.05) is 25.1 Å². The third-order valence-electron chi connectivity index (χ3n) is 2.44. The lowest BCUT2D eigenvalue weighted by Gasteiger charge is -2.07. The fraction of sp³-hybridized carbons (Fsp3) is 0.500. The van der Waals surface area contributed by atoms with Gasteiger partial charge in [-0.25, -0.2) is 0 Å². The highest BCUT2D eigenvalue weighted by molar-refractivity contribution is 5.75. The van der Waals surface area contributed by atoms with Crippen LogP contribution in [-0.2, 0) is 4.79 Å². The topological polar surface area (TPSA) is 50.4 Å². The largest absolute Gasteiger partial charge is 0.493 e. The summed E-state index contributed by atoms with van der Waals surface area (Å²) in [6, 6.07) is 9.53. The van der Waals surface area contributed by atoms with Crippen molar-refractivity contribution in [2.75, 3.05) is 26.2 Å². The first-order valence-corrected chi connectivity index (χ1v) is 6.48. The second-order valence-corrected chi connectivity index (χ2v) is 3.97. The molecule has 0 fully saturated rings. The molecule has 4 heteroatoms. The minimum atomic E-state index is 0.0439. The summed E-state index contributed by atoms with van der Waals surface area (Å²) < 4.78 is 5.45. The molecule has 0 heterocycles. The van der Waals surface area contributed by atoms with E-state index in [2.05, 4.69) is 17.6 Å². The maximum Gasteiger partial charge on any atom is 0.223 e. The summed E-state index contributed by atoms with van der Waals surface area (Å²) in [4.78, 5) is 11.5. The Balaban J connectivity index is 2.00. The summed E-state index contributed by atoms with van der Waals surface area (Å²) in [5, 5.41) is 6.08. The summed E-state index contributed by atoms with van der Waals surface area (Å²) in [7, 11) is 0. The summed E-state index contributed by atoms with van der Waals surface area (Å²) in [5.41, 5.74) is 0. The minimum absolute atomic E-state index is 0.0439. The first-order chi connectivity index (χ1) is 8.83. The number of hydrogen-bond acceptors (Lipinski definition) is 3. The Bertz CT molecular complexity index is 328. The van der Waals surface area contributed by atoms with Crippen LogP contribution in [0.4, 0.5) is 0 Å². The maximum absolute atomic E-state index is 11.5. The molecular weight excluding hydrogens is 228 g/mol. The molecule has 1 rings (SSSR count). The van der Waals surface area contributed by atoms with Gasteiger partial charge < -0.3 is 15.4 Å². The van der Waals surface area contributed by atoms with Crippen molar-refractivity contribution in [3.8, 4) is 5.75 Å². The number of rotatable bonds is 9. The monoisotopic (exact) mass is 250 g/mol. The van der Waals surface area contributed by atoms with Gasteiger partial charge in [-0.15, -0.1) is 0 Å². The third kappa shape index (κ3) is 6.91. The molecular formula is C14H22N2O2. The van der Waals surface area contributed by atoms with Crippen LogP contribution in [-0.4, -0.2) is 32.1 Å². The molecule has 0 bridgehead atoms. The van der Waals surface area contributed by atoms with E-state index in [0.29, 0.717) is 13.0 Å². The van der Waals surface area contributed by atoms with Crippen molar-refractivity contribution in [3.05, 3.63) is 30.3 Å². The predicted octanol–water partition coefficient (Wildman–Crippen LogP) is 1.57. The Hall–Kier alpha value is -1.55. The van der Waals surface area contributed by atoms with Crippen molar-refractivity contribution >= 4 is 5.91 Å². The summed E-state index contributed by atoms with van der Waals surface area (Å²) >= 11 is 0. The lowest BCUT2D eigenvalue weighted by molar-refractivity contribution is -0.121. The first kappa shape index (κ1) is 14.5. The van der Waals surface area contributed by atoms with Gasteiger partial charge >= 0.3 is 0 Å². The van der Waals surface area contributed by atoms with Crippen LogP contribution >= 0.6 is 0 Å². The quantitative estimate of drug-likeness (QED) is 0.654. The number of amides is 1. The molecule has 0 spiro atoms. The van der Waals surface area contributed by atoms with E-state index < -0.39 is 0 Å². The molecule has 0 atom stereocenters. The van der Waals surface area contributed by atoms with Crippen LogP contribution in [0.2, 0.25) is 0 Å². The Labute approximate surface area is 109 Å². The van der Waals surface area contributed by atoms with Crippen LogP contribution in [0.5, 0.6) is 5.75 Å². The van der Waals surface area contributed by atoms with E-state index in [1.54, 1.807) is 0 Å². The van der Waals surface area contributed by atoms with Gasteiger partial charge in [-0.05, 0) is 31.6 Å². The molecule has 0 aliphatic carbocycles. The van der Waals surface area contributed by atoms with Gasteiger partial charge in [0.15, 0.2) is 0 Å². The molecule has 0 unspecified atom stereocenters. The molecule has 1 aromatic rings. The molecule has 1 aromatic carbocycles. The molecule has 18 heavy (non-hydrogen) atoms. The Morgan fingerprint density at radius 3 is 2.72 bits per heavy atom. The van der Waals surface area contributed by atoms with Gasteiger partial charge in [0.25, 0.3) is 0 Å². The molecule has 0 saturated heterocycles. The van der Waals surface area contributed by atoms with E-state index in [-0.39, 0.29) is 5.91 Å². The van der Waals surface area contributed by atoms with E-state index in [9.17, 15) is 4.79 Å². The molecule has 1 amide bonds. The van der Waals surface area contributed by atoms with E-state index in [1.807, 2.05) is 30.3 Å². The van der Waals surface area contributed by atoms with Crippen molar-refractivity contribution < 1.29 is 9.53 Å². The molecule has 100 valence electrons. The number of ether oxygens (including phenoxy) is 1. The van der Waals surface area contributed by atoms with Crippen molar-refractivity contribution in [2.45, 2.75) is 19.8 Å². The van der Waals surface area contributed by atoms with Gasteiger partial charge in [-0.3, -0.25) is 4.79 Å². The van der Waals surface area contributed by atoms with E-state index in [4.69, 9.17) is 4.74 Å². The first-order valence-electron chi connectivity index (χ1n) is 6.48. The number of carbonyl (C=O) groups excluding carboxylic acids is 1. The zero-order chi connectivity index (χ0) is 13.1. The fourth-order valence-corrected chi connectivity index (χ4v) is 1.48. The Morgan fingerprint density at radius 1 is 1.22 bits per heavy atom. The summed E-state index contributed by atoms with van der Waals surface area (Å²) in [6.07, 6.45) is 1.36. The highest BCUT2D eigenvalue weighted by Gasteiger charge is 2.00. The number of hydrogen-bond donors (Lipinski definition) is 2. The molecule has 0 saturated carbocycles. The summed E-state index contributed by atoms with van der Waals surface area (Å²) in [6.45, 7) is 5.12. The maximum atomic E-state index is 11.5. The number of para-hydroxylation sites is 1. The highest BCUT2D eigenvalue weighted by Crippen LogP contribution is 2.08. The van der Waals surface area contributed by atoms with Crippen LogP contribution < -0.4 is 15.4 Å². The van der Waals surface area contributed by atoms with Crippen molar-refractivity contribution in [1.29, 1.82) is 0 Å². The van der Waals surface area contributed by atoms with Gasteiger partial charge in [-0.2, -0.15) is 0 Å². The van der Waals surface area contributed by atoms with E-state index >= 15 is 0 Å². The lowest BCUT2D eigenvalue weighted by Crippen LogP contribution is -2.28. The van der Waals surface area contributed by atoms with Crippen molar-refractivity contribution in [3.63, 3.8) is 0 Å². The zero-order valence-electron chi connectivity index (χ0n) is 10.9. The van der Waals surface area contributed by atoms with Gasteiger partial charge in [0.2, 0.25) is 5.91 Å². The second kappa shape index (κ2) is 9.48. The van der Waals surface area contributed by atoms with Crippen LogP contribution in [0.1, 0.15) is 19.8 Å². The third-order valence-corrected chi connectivity index (χ3v) is 2.44. The SMILES string of the molecule is CCNCCCNC(=O)CCOc1ccccc1. The molecule has 0 radical (unpaired) electrons. The molecule has 0 aliphatic rings. The average Bonchev–Trinajstić information content (AvgIpc) is 2.40. The molecule has 0 aromatic heterocycles. The lowest BCUT2D eigenvalue weighted by atomic mass is 10.3. The normalized spacial score (nSPS) is 10.1. The van der Waals surface area contributed by atoms with Crippen molar-refractivity contribution in [1.82, 2.24) is 10.6 Å². The Morgan fingerprint density at radius 2 is 2.00 bits per heavy atom. The zero-order valence-corrected chi connectivity index (χ0v) is 10.9. The number of benzene rings is 1. The van der Waals surface area contributed by atoms with Gasteiger partial charge in [0, 0.05) is 6.54 Å². The number of nitrogens with one attached hydrogen (secondary N) is 2. The average molecular weight is 250 g/mol. The van der Waals surface area contributed by atoms with Crippen LogP contribution in [0.25, 0.3) is 0 Å². The van der Waals surface area contributed by atoms with Crippen LogP contribution in [0, 0.1) is 0 Å². The number of carbonyl (C=O) groups is 1. The molecule has 4 nitrogen and oxygen atoms in total. The second-order valence-electron chi connectivity index (χ2n) is 3.97.